The third kappa shape index (κ3) is 9.08. The minimum absolute atomic E-state index is 0.149. The van der Waals surface area contributed by atoms with Crippen LogP contribution in [0.5, 0.6) is 11.5 Å². The number of likely N-dealkylation sites (tertiary alicyclic amines) is 1. The van der Waals surface area contributed by atoms with Gasteiger partial charge in [-0.2, -0.15) is 5.26 Å². The molecule has 6 rings (SSSR count). The van der Waals surface area contributed by atoms with Gasteiger partial charge in [-0.05, 0) is 74.8 Å². The lowest BCUT2D eigenvalue weighted by Crippen LogP contribution is -2.37. The van der Waals surface area contributed by atoms with Crippen molar-refractivity contribution in [2.45, 2.75) is 31.9 Å². The Morgan fingerprint density at radius 3 is 2.76 bits per heavy atom. The van der Waals surface area contributed by atoms with Crippen molar-refractivity contribution in [1.82, 2.24) is 14.8 Å². The van der Waals surface area contributed by atoms with Crippen LogP contribution in [0.25, 0.3) is 10.9 Å². The molecular formula is C38H40ClFN6O4. The van der Waals surface area contributed by atoms with Crippen LogP contribution in [0.4, 0.5) is 21.5 Å². The number of nitrogens with zero attached hydrogens (tertiary/aromatic N) is 4. The quantitative estimate of drug-likeness (QED) is 0.114. The third-order valence-electron chi connectivity index (χ3n) is 8.86. The summed E-state index contributed by atoms with van der Waals surface area (Å²) in [5.41, 5.74) is 3.14. The number of aromatic nitrogens is 1. The molecule has 2 fully saturated rings. The second-order valence-corrected chi connectivity index (χ2v) is 12.8. The van der Waals surface area contributed by atoms with Crippen LogP contribution in [0.3, 0.4) is 0 Å². The van der Waals surface area contributed by atoms with Gasteiger partial charge in [0.05, 0.1) is 47.3 Å². The minimum Gasteiger partial charge on any atom is -0.491 e. The van der Waals surface area contributed by atoms with Crippen molar-refractivity contribution in [2.24, 2.45) is 0 Å². The fourth-order valence-electron chi connectivity index (χ4n) is 6.13. The summed E-state index contributed by atoms with van der Waals surface area (Å²) >= 11 is 6.58. The molecule has 2 saturated heterocycles. The number of carbonyl (C=O) groups is 1. The van der Waals surface area contributed by atoms with Crippen LogP contribution < -0.4 is 20.1 Å². The van der Waals surface area contributed by atoms with Crippen LogP contribution in [-0.4, -0.2) is 79.8 Å². The summed E-state index contributed by atoms with van der Waals surface area (Å²) in [5.74, 6) is 0.305. The number of halogens is 2. The van der Waals surface area contributed by atoms with Crippen LogP contribution in [0.2, 0.25) is 5.02 Å². The average Bonchev–Trinajstić information content (AvgIpc) is 3.54. The molecule has 50 heavy (non-hydrogen) atoms. The van der Waals surface area contributed by atoms with E-state index < -0.39 is 0 Å². The molecule has 260 valence electrons. The van der Waals surface area contributed by atoms with Gasteiger partial charge in [-0.15, -0.1) is 0 Å². The summed E-state index contributed by atoms with van der Waals surface area (Å²) < 4.78 is 31.1. The predicted molar refractivity (Wildman–Crippen MR) is 193 cm³/mol. The topological polar surface area (TPSA) is 112 Å². The smallest absolute Gasteiger partial charge is 0.248 e. The van der Waals surface area contributed by atoms with E-state index in [1.807, 2.05) is 6.08 Å². The van der Waals surface area contributed by atoms with Gasteiger partial charge in [-0.3, -0.25) is 19.6 Å². The highest BCUT2D eigenvalue weighted by atomic mass is 35.5. The molecule has 1 atom stereocenters. The molecule has 0 spiro atoms. The van der Waals surface area contributed by atoms with E-state index in [-0.39, 0.29) is 24.4 Å². The molecule has 2 aliphatic rings. The standard InChI is InChI=1S/C38H40ClFN6O4/c1-45-12-3-7-30(45)9-11-37(47)44-34-21-31-33(22-36(34)49-16-4-13-46-14-17-48-18-15-46)42-24-27(23-41)38(31)43-29-8-10-35(32(39)20-29)50-25-26-5-2-6-28(40)19-26/h2,5-6,8-11,19-22,24,30H,3-4,7,12-18,25H2,1H3,(H,42,43)(H,44,47)/b11-9+. The molecule has 0 bridgehead atoms. The van der Waals surface area contributed by atoms with Crippen molar-refractivity contribution >= 4 is 45.5 Å². The van der Waals surface area contributed by atoms with Gasteiger partial charge in [0.25, 0.3) is 0 Å². The van der Waals surface area contributed by atoms with Gasteiger partial charge in [0.2, 0.25) is 5.91 Å². The number of pyridine rings is 1. The fourth-order valence-corrected chi connectivity index (χ4v) is 6.37. The first-order chi connectivity index (χ1) is 24.4. The van der Waals surface area contributed by atoms with E-state index >= 15 is 0 Å². The number of carbonyl (C=O) groups excluding carboxylic acids is 1. The van der Waals surface area contributed by atoms with E-state index in [0.29, 0.717) is 62.2 Å². The number of fused-ring (bicyclic) bond motifs is 1. The van der Waals surface area contributed by atoms with Crippen LogP contribution in [0, 0.1) is 17.1 Å². The van der Waals surface area contributed by atoms with Crippen LogP contribution >= 0.6 is 11.6 Å². The van der Waals surface area contributed by atoms with Crippen LogP contribution in [0.1, 0.15) is 30.4 Å². The lowest BCUT2D eigenvalue weighted by Gasteiger charge is -2.26. The number of amides is 1. The largest absolute Gasteiger partial charge is 0.491 e. The Kier molecular flexibility index (Phi) is 11.8. The number of anilines is 3. The zero-order valence-corrected chi connectivity index (χ0v) is 28.7. The second kappa shape index (κ2) is 16.8. The molecule has 3 heterocycles. The molecular weight excluding hydrogens is 659 g/mol. The molecule has 1 unspecified atom stereocenters. The molecule has 2 N–H and O–H groups in total. The number of morpholine rings is 1. The summed E-state index contributed by atoms with van der Waals surface area (Å²) in [7, 11) is 2.06. The first-order valence-corrected chi connectivity index (χ1v) is 17.2. The highest BCUT2D eigenvalue weighted by molar-refractivity contribution is 6.32. The normalized spacial score (nSPS) is 16.8. The zero-order chi connectivity index (χ0) is 34.9. The fraction of sp³-hybridized carbons (Fsp3) is 0.342. The Bertz CT molecular complexity index is 1890. The van der Waals surface area contributed by atoms with Gasteiger partial charge < -0.3 is 24.8 Å². The van der Waals surface area contributed by atoms with Gasteiger partial charge in [0.15, 0.2) is 0 Å². The summed E-state index contributed by atoms with van der Waals surface area (Å²) in [5, 5.41) is 17.3. The van der Waals surface area contributed by atoms with Crippen molar-refractivity contribution in [3.8, 4) is 17.6 Å². The highest BCUT2D eigenvalue weighted by Gasteiger charge is 2.19. The first kappa shape index (κ1) is 35.1. The SMILES string of the molecule is CN1CCCC1/C=C/C(=O)Nc1cc2c(Nc3ccc(OCc4cccc(F)c4)c(Cl)c3)c(C#N)cnc2cc1OCCCN1CCOCC1. The zero-order valence-electron chi connectivity index (χ0n) is 28.0. The number of nitriles is 1. The van der Waals surface area contributed by atoms with E-state index in [9.17, 15) is 14.4 Å². The summed E-state index contributed by atoms with van der Waals surface area (Å²) in [4.78, 5) is 22.3. The molecule has 3 aromatic carbocycles. The molecule has 4 aromatic rings. The van der Waals surface area contributed by atoms with Crippen LogP contribution in [-0.2, 0) is 16.1 Å². The number of hydrogen-bond acceptors (Lipinski definition) is 9. The molecule has 0 saturated carbocycles. The number of benzene rings is 3. The van der Waals surface area contributed by atoms with E-state index in [4.69, 9.17) is 25.8 Å². The summed E-state index contributed by atoms with van der Waals surface area (Å²) in [6, 6.07) is 17.4. The Hall–Kier alpha value is -4.73. The number of hydrogen-bond donors (Lipinski definition) is 2. The Morgan fingerprint density at radius 1 is 1.14 bits per heavy atom. The van der Waals surface area contributed by atoms with Gasteiger partial charge in [0.1, 0.15) is 30.0 Å². The van der Waals surface area contributed by atoms with Crippen molar-refractivity contribution in [3.63, 3.8) is 0 Å². The van der Waals surface area contributed by atoms with Gasteiger partial charge >= 0.3 is 0 Å². The van der Waals surface area contributed by atoms with E-state index in [1.165, 1.54) is 18.3 Å². The number of nitrogens with one attached hydrogen (secondary N) is 2. The first-order valence-electron chi connectivity index (χ1n) is 16.8. The van der Waals surface area contributed by atoms with Crippen LogP contribution in [0.15, 0.2) is 72.9 Å². The second-order valence-electron chi connectivity index (χ2n) is 12.4. The van der Waals surface area contributed by atoms with E-state index in [0.717, 1.165) is 58.7 Å². The molecule has 2 aliphatic heterocycles. The maximum absolute atomic E-state index is 13.6. The Morgan fingerprint density at radius 2 is 2.00 bits per heavy atom. The average molecular weight is 699 g/mol. The summed E-state index contributed by atoms with van der Waals surface area (Å²) in [6.07, 6.45) is 7.92. The lowest BCUT2D eigenvalue weighted by molar-refractivity contribution is -0.112. The molecule has 1 amide bonds. The molecule has 1 aromatic heterocycles. The van der Waals surface area contributed by atoms with Gasteiger partial charge in [-0.1, -0.05) is 29.8 Å². The van der Waals surface area contributed by atoms with Crippen molar-refractivity contribution in [1.29, 1.82) is 5.26 Å². The molecule has 10 nitrogen and oxygen atoms in total. The Labute approximate surface area is 296 Å². The predicted octanol–water partition coefficient (Wildman–Crippen LogP) is 6.91. The number of ether oxygens (including phenoxy) is 3. The number of rotatable bonds is 13. The van der Waals surface area contributed by atoms with Crippen molar-refractivity contribution < 1.29 is 23.4 Å². The van der Waals surface area contributed by atoms with Crippen molar-refractivity contribution in [2.75, 3.05) is 63.7 Å². The van der Waals surface area contributed by atoms with E-state index in [2.05, 4.69) is 38.5 Å². The van der Waals surface area contributed by atoms with Crippen molar-refractivity contribution in [3.05, 3.63) is 94.9 Å². The summed E-state index contributed by atoms with van der Waals surface area (Å²) in [6.45, 7) is 5.75. The maximum atomic E-state index is 13.6. The monoisotopic (exact) mass is 698 g/mol. The highest BCUT2D eigenvalue weighted by Crippen LogP contribution is 2.37. The van der Waals surface area contributed by atoms with Gasteiger partial charge in [-0.25, -0.2) is 4.39 Å². The third-order valence-corrected chi connectivity index (χ3v) is 9.15. The molecule has 12 heteroatoms. The Balaban J connectivity index is 1.24. The lowest BCUT2D eigenvalue weighted by atomic mass is 10.1. The minimum atomic E-state index is -0.340. The van der Waals surface area contributed by atoms with E-state index in [1.54, 1.807) is 48.5 Å². The molecule has 0 radical (unpaired) electrons. The molecule has 0 aliphatic carbocycles. The maximum Gasteiger partial charge on any atom is 0.248 e. The number of likely N-dealkylation sites (N-methyl/N-ethyl adjacent to an activating group) is 1. The van der Waals surface area contributed by atoms with Gasteiger partial charge in [0, 0.05) is 55.1 Å².